The van der Waals surface area contributed by atoms with Crippen molar-refractivity contribution in [3.8, 4) is 33.8 Å². The molecule has 152 valence electrons. The van der Waals surface area contributed by atoms with Crippen molar-refractivity contribution in [2.24, 2.45) is 0 Å². The van der Waals surface area contributed by atoms with E-state index in [-0.39, 0.29) is 0 Å². The summed E-state index contributed by atoms with van der Waals surface area (Å²) in [4.78, 5) is 9.74. The van der Waals surface area contributed by atoms with E-state index in [1.54, 1.807) is 0 Å². The second-order valence-electron chi connectivity index (χ2n) is 7.94. The molecule has 6 rings (SSSR count). The van der Waals surface area contributed by atoms with E-state index in [1.807, 2.05) is 49.4 Å². The van der Waals surface area contributed by atoms with Gasteiger partial charge in [-0.3, -0.25) is 0 Å². The fourth-order valence-electron chi connectivity index (χ4n) is 4.26. The smallest absolute Gasteiger partial charge is 0.160 e. The van der Waals surface area contributed by atoms with Crippen molar-refractivity contribution < 1.29 is 4.42 Å². The Labute approximate surface area is 186 Å². The number of fused-ring (bicyclic) bond motifs is 3. The van der Waals surface area contributed by atoms with Crippen LogP contribution in [0.5, 0.6) is 0 Å². The van der Waals surface area contributed by atoms with E-state index in [2.05, 4.69) is 60.7 Å². The average Bonchev–Trinajstić information content (AvgIpc) is 3.23. The maximum absolute atomic E-state index is 6.06. The van der Waals surface area contributed by atoms with Gasteiger partial charge < -0.3 is 4.42 Å². The van der Waals surface area contributed by atoms with E-state index in [0.717, 1.165) is 44.5 Å². The average molecular weight is 412 g/mol. The standard InChI is InChI=1S/C29H20N2O/c1-19-18-25(22-16-14-21(15-17-22)20-8-3-2-4-9-20)31-29(30-19)24-11-7-13-27-28(24)23-10-5-6-12-26(23)32-27/h2-18H,1H3. The summed E-state index contributed by atoms with van der Waals surface area (Å²) in [5.41, 5.74) is 8.02. The normalized spacial score (nSPS) is 11.3. The van der Waals surface area contributed by atoms with E-state index in [1.165, 1.54) is 11.1 Å². The van der Waals surface area contributed by atoms with Crippen LogP contribution >= 0.6 is 0 Å². The number of nitrogens with zero attached hydrogens (tertiary/aromatic N) is 2. The Bertz CT molecular complexity index is 1560. The first-order chi connectivity index (χ1) is 15.8. The van der Waals surface area contributed by atoms with E-state index >= 15 is 0 Å². The Balaban J connectivity index is 1.48. The third-order valence-corrected chi connectivity index (χ3v) is 5.79. The SMILES string of the molecule is Cc1cc(-c2ccc(-c3ccccc3)cc2)nc(-c2cccc3oc4ccccc4c23)n1. The van der Waals surface area contributed by atoms with Crippen LogP contribution in [-0.4, -0.2) is 9.97 Å². The van der Waals surface area contributed by atoms with Crippen LogP contribution in [0.3, 0.4) is 0 Å². The van der Waals surface area contributed by atoms with E-state index in [0.29, 0.717) is 5.82 Å². The molecule has 2 heterocycles. The molecular weight excluding hydrogens is 392 g/mol. The molecule has 3 heteroatoms. The lowest BCUT2D eigenvalue weighted by Crippen LogP contribution is -1.95. The first kappa shape index (κ1) is 18.5. The summed E-state index contributed by atoms with van der Waals surface area (Å²) in [5.74, 6) is 0.712. The predicted molar refractivity (Wildman–Crippen MR) is 130 cm³/mol. The van der Waals surface area contributed by atoms with Gasteiger partial charge in [-0.2, -0.15) is 0 Å². The molecule has 0 unspecified atom stereocenters. The van der Waals surface area contributed by atoms with Gasteiger partial charge in [0.15, 0.2) is 5.82 Å². The van der Waals surface area contributed by atoms with Gasteiger partial charge in [0, 0.05) is 27.6 Å². The largest absolute Gasteiger partial charge is 0.456 e. The number of hydrogen-bond acceptors (Lipinski definition) is 3. The molecule has 0 saturated carbocycles. The second kappa shape index (κ2) is 7.47. The first-order valence-corrected chi connectivity index (χ1v) is 10.7. The van der Waals surface area contributed by atoms with Crippen LogP contribution in [0.2, 0.25) is 0 Å². The molecule has 3 nitrogen and oxygen atoms in total. The Morgan fingerprint density at radius 1 is 0.594 bits per heavy atom. The molecule has 0 radical (unpaired) electrons. The molecule has 4 aromatic carbocycles. The number of hydrogen-bond donors (Lipinski definition) is 0. The molecule has 0 saturated heterocycles. The highest BCUT2D eigenvalue weighted by atomic mass is 16.3. The van der Waals surface area contributed by atoms with Crippen molar-refractivity contribution in [3.63, 3.8) is 0 Å². The summed E-state index contributed by atoms with van der Waals surface area (Å²) < 4.78 is 6.06. The summed E-state index contributed by atoms with van der Waals surface area (Å²) in [7, 11) is 0. The van der Waals surface area contributed by atoms with Gasteiger partial charge in [0.2, 0.25) is 0 Å². The van der Waals surface area contributed by atoms with Gasteiger partial charge in [-0.1, -0.05) is 84.9 Å². The molecule has 0 aliphatic heterocycles. The van der Waals surface area contributed by atoms with Crippen LogP contribution in [0, 0.1) is 6.92 Å². The Morgan fingerprint density at radius 3 is 2.12 bits per heavy atom. The molecule has 0 bridgehead atoms. The molecule has 32 heavy (non-hydrogen) atoms. The molecule has 0 atom stereocenters. The Morgan fingerprint density at radius 2 is 1.28 bits per heavy atom. The fourth-order valence-corrected chi connectivity index (χ4v) is 4.26. The molecule has 0 N–H and O–H groups in total. The lowest BCUT2D eigenvalue weighted by atomic mass is 10.0. The van der Waals surface area contributed by atoms with Crippen molar-refractivity contribution in [3.05, 3.63) is 109 Å². The topological polar surface area (TPSA) is 38.9 Å². The minimum Gasteiger partial charge on any atom is -0.456 e. The lowest BCUT2D eigenvalue weighted by Gasteiger charge is -2.09. The maximum atomic E-state index is 6.06. The van der Waals surface area contributed by atoms with Gasteiger partial charge >= 0.3 is 0 Å². The zero-order valence-corrected chi connectivity index (χ0v) is 17.6. The van der Waals surface area contributed by atoms with Gasteiger partial charge in [0.05, 0.1) is 5.69 Å². The monoisotopic (exact) mass is 412 g/mol. The Hall–Kier alpha value is -4.24. The number of benzene rings is 4. The van der Waals surface area contributed by atoms with Crippen LogP contribution in [-0.2, 0) is 0 Å². The molecular formula is C29H20N2O. The molecule has 0 aliphatic rings. The zero-order valence-electron chi connectivity index (χ0n) is 17.6. The van der Waals surface area contributed by atoms with Crippen LogP contribution in [0.1, 0.15) is 5.69 Å². The van der Waals surface area contributed by atoms with Crippen molar-refractivity contribution in [1.29, 1.82) is 0 Å². The fraction of sp³-hybridized carbons (Fsp3) is 0.0345. The minimum atomic E-state index is 0.712. The number of rotatable bonds is 3. The molecule has 0 amide bonds. The number of aromatic nitrogens is 2. The molecule has 0 fully saturated rings. The first-order valence-electron chi connectivity index (χ1n) is 10.7. The van der Waals surface area contributed by atoms with Crippen molar-refractivity contribution >= 4 is 21.9 Å². The second-order valence-corrected chi connectivity index (χ2v) is 7.94. The van der Waals surface area contributed by atoms with Crippen molar-refractivity contribution in [2.75, 3.05) is 0 Å². The molecule has 2 aromatic heterocycles. The highest BCUT2D eigenvalue weighted by Crippen LogP contribution is 2.36. The molecule has 0 aliphatic carbocycles. The maximum Gasteiger partial charge on any atom is 0.160 e. The quantitative estimate of drug-likeness (QED) is 0.299. The minimum absolute atomic E-state index is 0.712. The van der Waals surface area contributed by atoms with Crippen molar-refractivity contribution in [1.82, 2.24) is 9.97 Å². The Kier molecular flexibility index (Phi) is 4.32. The highest BCUT2D eigenvalue weighted by molar-refractivity contribution is 6.11. The van der Waals surface area contributed by atoms with Crippen molar-refractivity contribution in [2.45, 2.75) is 6.92 Å². The number of para-hydroxylation sites is 1. The summed E-state index contributed by atoms with van der Waals surface area (Å²) in [6, 6.07) is 35.2. The zero-order chi connectivity index (χ0) is 21.5. The van der Waals surface area contributed by atoms with E-state index in [4.69, 9.17) is 14.4 Å². The number of furan rings is 1. The van der Waals surface area contributed by atoms with Crippen LogP contribution < -0.4 is 0 Å². The summed E-state index contributed by atoms with van der Waals surface area (Å²) in [5, 5.41) is 2.14. The van der Waals surface area contributed by atoms with Crippen LogP contribution in [0.4, 0.5) is 0 Å². The summed E-state index contributed by atoms with van der Waals surface area (Å²) in [6.07, 6.45) is 0. The predicted octanol–water partition coefficient (Wildman–Crippen LogP) is 7.69. The van der Waals surface area contributed by atoms with Gasteiger partial charge in [0.1, 0.15) is 11.2 Å². The summed E-state index contributed by atoms with van der Waals surface area (Å²) in [6.45, 7) is 2.01. The van der Waals surface area contributed by atoms with E-state index < -0.39 is 0 Å². The third-order valence-electron chi connectivity index (χ3n) is 5.79. The number of aryl methyl sites for hydroxylation is 1. The van der Waals surface area contributed by atoms with E-state index in [9.17, 15) is 0 Å². The van der Waals surface area contributed by atoms with Gasteiger partial charge in [0.25, 0.3) is 0 Å². The third kappa shape index (κ3) is 3.15. The van der Waals surface area contributed by atoms with Crippen LogP contribution in [0.25, 0.3) is 55.7 Å². The van der Waals surface area contributed by atoms with Crippen LogP contribution in [0.15, 0.2) is 108 Å². The summed E-state index contributed by atoms with van der Waals surface area (Å²) >= 11 is 0. The molecule has 6 aromatic rings. The molecule has 0 spiro atoms. The van der Waals surface area contributed by atoms with Gasteiger partial charge in [-0.15, -0.1) is 0 Å². The highest BCUT2D eigenvalue weighted by Gasteiger charge is 2.15. The van der Waals surface area contributed by atoms with Gasteiger partial charge in [-0.25, -0.2) is 9.97 Å². The van der Waals surface area contributed by atoms with Gasteiger partial charge in [-0.05, 0) is 36.2 Å². The lowest BCUT2D eigenvalue weighted by molar-refractivity contribution is 0.669.